The minimum Gasteiger partial charge on any atom is -0.369 e. The minimum atomic E-state index is -0.312. The molecule has 100 valence electrons. The monoisotopic (exact) mass is 248 g/mol. The first-order valence-corrected chi connectivity index (χ1v) is 6.65. The summed E-state index contributed by atoms with van der Waals surface area (Å²) in [5.74, 6) is -0.312. The molecule has 18 heavy (non-hydrogen) atoms. The third-order valence-corrected chi connectivity index (χ3v) is 3.13. The van der Waals surface area contributed by atoms with Crippen LogP contribution in [0, 0.1) is 5.41 Å². The highest BCUT2D eigenvalue weighted by Crippen LogP contribution is 2.27. The summed E-state index contributed by atoms with van der Waals surface area (Å²) in [4.78, 5) is 15.2. The van der Waals surface area contributed by atoms with Crippen molar-refractivity contribution >= 4 is 5.91 Å². The van der Waals surface area contributed by atoms with Crippen LogP contribution in [0.25, 0.3) is 0 Å². The van der Waals surface area contributed by atoms with Crippen molar-refractivity contribution in [2.45, 2.75) is 52.9 Å². The fourth-order valence-electron chi connectivity index (χ4n) is 2.10. The maximum absolute atomic E-state index is 10.8. The Morgan fingerprint density at radius 3 is 2.61 bits per heavy atom. The van der Waals surface area contributed by atoms with Crippen LogP contribution in [-0.4, -0.2) is 10.9 Å². The van der Waals surface area contributed by atoms with Crippen LogP contribution in [0.15, 0.2) is 18.3 Å². The molecule has 1 heterocycles. The van der Waals surface area contributed by atoms with Crippen molar-refractivity contribution in [2.75, 3.05) is 0 Å². The summed E-state index contributed by atoms with van der Waals surface area (Å²) >= 11 is 0. The van der Waals surface area contributed by atoms with Gasteiger partial charge in [-0.1, -0.05) is 39.7 Å². The van der Waals surface area contributed by atoms with Crippen LogP contribution in [-0.2, 0) is 17.6 Å². The zero-order valence-electron chi connectivity index (χ0n) is 11.7. The number of hydrogen-bond donors (Lipinski definition) is 1. The zero-order chi connectivity index (χ0) is 13.6. The smallest absolute Gasteiger partial charge is 0.221 e. The molecular formula is C15H24N2O. The van der Waals surface area contributed by atoms with Gasteiger partial charge in [0.2, 0.25) is 5.91 Å². The molecule has 0 atom stereocenters. The SMILES string of the molecule is CCCCC(C)(C)Cc1ccc(CC(N)=O)cn1. The molecule has 0 unspecified atom stereocenters. The molecule has 2 N–H and O–H groups in total. The van der Waals surface area contributed by atoms with E-state index in [1.807, 2.05) is 12.1 Å². The molecule has 1 aromatic heterocycles. The number of aromatic nitrogens is 1. The van der Waals surface area contributed by atoms with Gasteiger partial charge in [0.15, 0.2) is 0 Å². The lowest BCUT2D eigenvalue weighted by Gasteiger charge is -2.24. The van der Waals surface area contributed by atoms with Gasteiger partial charge < -0.3 is 5.73 Å². The van der Waals surface area contributed by atoms with Crippen LogP contribution in [0.3, 0.4) is 0 Å². The number of carbonyl (C=O) groups is 1. The molecule has 0 fully saturated rings. The largest absolute Gasteiger partial charge is 0.369 e. The van der Waals surface area contributed by atoms with Crippen molar-refractivity contribution in [3.8, 4) is 0 Å². The molecule has 0 aliphatic carbocycles. The lowest BCUT2D eigenvalue weighted by molar-refractivity contribution is -0.117. The van der Waals surface area contributed by atoms with E-state index in [0.29, 0.717) is 0 Å². The van der Waals surface area contributed by atoms with E-state index in [2.05, 4.69) is 25.8 Å². The van der Waals surface area contributed by atoms with Gasteiger partial charge in [0.1, 0.15) is 0 Å². The average Bonchev–Trinajstić information content (AvgIpc) is 2.28. The van der Waals surface area contributed by atoms with Gasteiger partial charge in [0, 0.05) is 11.9 Å². The number of pyridine rings is 1. The zero-order valence-corrected chi connectivity index (χ0v) is 11.7. The van der Waals surface area contributed by atoms with Crippen LogP contribution in [0.2, 0.25) is 0 Å². The van der Waals surface area contributed by atoms with Gasteiger partial charge in [-0.2, -0.15) is 0 Å². The Kier molecular flexibility index (Phi) is 5.32. The van der Waals surface area contributed by atoms with E-state index in [1.165, 1.54) is 19.3 Å². The standard InChI is InChI=1S/C15H24N2O/c1-4-5-8-15(2,3)10-13-7-6-12(11-17-13)9-14(16)18/h6-7,11H,4-5,8-10H2,1-3H3,(H2,16,18). The first-order valence-electron chi connectivity index (χ1n) is 6.65. The molecule has 0 aliphatic rings. The molecule has 0 radical (unpaired) electrons. The molecule has 1 aromatic rings. The summed E-state index contributed by atoms with van der Waals surface area (Å²) < 4.78 is 0. The fraction of sp³-hybridized carbons (Fsp3) is 0.600. The van der Waals surface area contributed by atoms with E-state index in [1.54, 1.807) is 6.20 Å². The van der Waals surface area contributed by atoms with Crippen LogP contribution >= 0.6 is 0 Å². The van der Waals surface area contributed by atoms with E-state index in [9.17, 15) is 4.79 Å². The van der Waals surface area contributed by atoms with Gasteiger partial charge in [0.05, 0.1) is 6.42 Å². The Morgan fingerprint density at radius 1 is 1.39 bits per heavy atom. The lowest BCUT2D eigenvalue weighted by atomic mass is 9.82. The number of unbranched alkanes of at least 4 members (excludes halogenated alkanes) is 1. The first kappa shape index (κ1) is 14.7. The van der Waals surface area contributed by atoms with Gasteiger partial charge in [-0.05, 0) is 29.9 Å². The lowest BCUT2D eigenvalue weighted by Crippen LogP contribution is -2.16. The molecule has 0 bridgehead atoms. The number of carbonyl (C=O) groups excluding carboxylic acids is 1. The minimum absolute atomic E-state index is 0.270. The normalized spacial score (nSPS) is 11.5. The van der Waals surface area contributed by atoms with Crippen LogP contribution < -0.4 is 5.73 Å². The topological polar surface area (TPSA) is 56.0 Å². The number of hydrogen-bond acceptors (Lipinski definition) is 2. The third-order valence-electron chi connectivity index (χ3n) is 3.13. The molecule has 1 rings (SSSR count). The average molecular weight is 248 g/mol. The molecule has 3 heteroatoms. The van der Waals surface area contributed by atoms with Gasteiger partial charge >= 0.3 is 0 Å². The van der Waals surface area contributed by atoms with Gasteiger partial charge in [-0.25, -0.2) is 0 Å². The fourth-order valence-corrected chi connectivity index (χ4v) is 2.10. The van der Waals surface area contributed by atoms with E-state index < -0.39 is 0 Å². The summed E-state index contributed by atoms with van der Waals surface area (Å²) in [5, 5.41) is 0. The number of primary amides is 1. The van der Waals surface area contributed by atoms with Crippen LogP contribution in [0.4, 0.5) is 0 Å². The molecule has 0 aliphatic heterocycles. The number of nitrogens with two attached hydrogens (primary N) is 1. The second kappa shape index (κ2) is 6.53. The molecule has 1 amide bonds. The predicted molar refractivity (Wildman–Crippen MR) is 74.1 cm³/mol. The van der Waals surface area contributed by atoms with Crippen molar-refractivity contribution in [1.82, 2.24) is 4.98 Å². The van der Waals surface area contributed by atoms with Crippen molar-refractivity contribution < 1.29 is 4.79 Å². The second-order valence-electron chi connectivity index (χ2n) is 5.75. The van der Waals surface area contributed by atoms with Gasteiger partial charge in [0.25, 0.3) is 0 Å². The summed E-state index contributed by atoms with van der Waals surface area (Å²) in [5.41, 5.74) is 7.41. The van der Waals surface area contributed by atoms with Gasteiger partial charge in [-0.15, -0.1) is 0 Å². The van der Waals surface area contributed by atoms with Gasteiger partial charge in [-0.3, -0.25) is 9.78 Å². The molecule has 0 spiro atoms. The van der Waals surface area contributed by atoms with Crippen molar-refractivity contribution in [3.63, 3.8) is 0 Å². The summed E-state index contributed by atoms with van der Waals surface area (Å²) in [6, 6.07) is 3.95. The number of amides is 1. The third kappa shape index (κ3) is 5.30. The van der Waals surface area contributed by atoms with Crippen molar-refractivity contribution in [1.29, 1.82) is 0 Å². The predicted octanol–water partition coefficient (Wildman–Crippen LogP) is 2.87. The maximum atomic E-state index is 10.8. The Bertz CT molecular complexity index is 382. The van der Waals surface area contributed by atoms with Crippen molar-refractivity contribution in [2.24, 2.45) is 11.1 Å². The number of nitrogens with zero attached hydrogens (tertiary/aromatic N) is 1. The molecule has 0 saturated carbocycles. The maximum Gasteiger partial charge on any atom is 0.221 e. The highest BCUT2D eigenvalue weighted by molar-refractivity contribution is 5.76. The van der Waals surface area contributed by atoms with Crippen LogP contribution in [0.5, 0.6) is 0 Å². The number of rotatable bonds is 7. The molecule has 3 nitrogen and oxygen atoms in total. The Balaban J connectivity index is 2.60. The Hall–Kier alpha value is -1.38. The highest BCUT2D eigenvalue weighted by Gasteiger charge is 2.18. The first-order chi connectivity index (χ1) is 8.43. The Morgan fingerprint density at radius 2 is 2.11 bits per heavy atom. The molecular weight excluding hydrogens is 224 g/mol. The van der Waals surface area contributed by atoms with E-state index in [4.69, 9.17) is 5.73 Å². The Labute approximate surface area is 110 Å². The molecule has 0 aromatic carbocycles. The summed E-state index contributed by atoms with van der Waals surface area (Å²) in [7, 11) is 0. The van der Waals surface area contributed by atoms with Crippen LogP contribution in [0.1, 0.15) is 51.3 Å². The summed E-state index contributed by atoms with van der Waals surface area (Å²) in [6.45, 7) is 6.77. The van der Waals surface area contributed by atoms with E-state index >= 15 is 0 Å². The van der Waals surface area contributed by atoms with E-state index in [-0.39, 0.29) is 17.7 Å². The van der Waals surface area contributed by atoms with E-state index in [0.717, 1.165) is 17.7 Å². The second-order valence-corrected chi connectivity index (χ2v) is 5.75. The molecule has 0 saturated heterocycles. The van der Waals surface area contributed by atoms with Crippen molar-refractivity contribution in [3.05, 3.63) is 29.6 Å². The quantitative estimate of drug-likeness (QED) is 0.806. The highest BCUT2D eigenvalue weighted by atomic mass is 16.1. The summed E-state index contributed by atoms with van der Waals surface area (Å²) in [6.07, 6.45) is 6.71.